The number of rotatable bonds is 9. The molecule has 0 saturated carbocycles. The average Bonchev–Trinajstić information content (AvgIpc) is 2.65. The van der Waals surface area contributed by atoms with Crippen LogP contribution in [0, 0.1) is 0 Å². The van der Waals surface area contributed by atoms with Gasteiger partial charge in [-0.1, -0.05) is 42.5 Å². The van der Waals surface area contributed by atoms with Crippen LogP contribution in [0.15, 0.2) is 54.6 Å². The van der Waals surface area contributed by atoms with E-state index in [2.05, 4.69) is 0 Å². The number of carbonyl (C=O) groups excluding carboxylic acids is 1. The number of hydrogen-bond donors (Lipinski definition) is 1. The second kappa shape index (κ2) is 9.57. The fourth-order valence-electron chi connectivity index (χ4n) is 2.60. The van der Waals surface area contributed by atoms with Gasteiger partial charge in [-0.2, -0.15) is 8.78 Å². The number of sulfone groups is 1. The lowest BCUT2D eigenvalue weighted by atomic mass is 10.1. The number of carbonyl (C=O) groups is 1. The Morgan fingerprint density at radius 1 is 0.963 bits per heavy atom. The molecule has 0 spiro atoms. The summed E-state index contributed by atoms with van der Waals surface area (Å²) in [6.07, 6.45) is 0.678. The molecule has 0 radical (unpaired) electrons. The lowest BCUT2D eigenvalue weighted by Crippen LogP contribution is -2.36. The van der Waals surface area contributed by atoms with Gasteiger partial charge in [-0.05, 0) is 29.7 Å². The highest BCUT2D eigenvalue weighted by Crippen LogP contribution is 2.15. The molecule has 0 unspecified atom stereocenters. The largest absolute Gasteiger partial charge is 0.337 e. The van der Waals surface area contributed by atoms with Crippen LogP contribution in [0.25, 0.3) is 0 Å². The van der Waals surface area contributed by atoms with Crippen molar-refractivity contribution in [2.24, 2.45) is 5.73 Å². The fourth-order valence-corrected chi connectivity index (χ4v) is 3.38. The molecule has 2 aromatic rings. The third-order valence-corrected chi connectivity index (χ3v) is 5.32. The first-order chi connectivity index (χ1) is 12.8. The van der Waals surface area contributed by atoms with Crippen LogP contribution < -0.4 is 5.73 Å². The second-order valence-corrected chi connectivity index (χ2v) is 8.05. The van der Waals surface area contributed by atoms with E-state index in [4.69, 9.17) is 5.73 Å². The van der Waals surface area contributed by atoms with E-state index in [0.717, 1.165) is 5.56 Å². The Hall–Kier alpha value is -2.32. The van der Waals surface area contributed by atoms with Gasteiger partial charge in [0.05, 0.1) is 5.75 Å². The fraction of sp³-hybridized carbons (Fsp3) is 0.316. The zero-order valence-corrected chi connectivity index (χ0v) is 15.5. The minimum atomic E-state index is -4.49. The number of amides is 1. The molecule has 0 aliphatic rings. The van der Waals surface area contributed by atoms with Crippen LogP contribution in [-0.4, -0.2) is 44.6 Å². The van der Waals surface area contributed by atoms with Crippen LogP contribution >= 0.6 is 0 Å². The maximum atomic E-state index is 12.7. The van der Waals surface area contributed by atoms with Crippen LogP contribution in [0.2, 0.25) is 0 Å². The van der Waals surface area contributed by atoms with Gasteiger partial charge in [0.2, 0.25) is 9.84 Å². The van der Waals surface area contributed by atoms with E-state index in [-0.39, 0.29) is 11.5 Å². The molecule has 0 heterocycles. The molecule has 0 aliphatic heterocycles. The summed E-state index contributed by atoms with van der Waals surface area (Å²) < 4.78 is 47.5. The van der Waals surface area contributed by atoms with Crippen molar-refractivity contribution in [1.29, 1.82) is 0 Å². The molecule has 0 saturated heterocycles. The van der Waals surface area contributed by atoms with E-state index in [1.807, 2.05) is 30.3 Å². The van der Waals surface area contributed by atoms with Crippen molar-refractivity contribution < 1.29 is 22.0 Å². The molecule has 146 valence electrons. The van der Waals surface area contributed by atoms with Crippen molar-refractivity contribution in [1.82, 2.24) is 4.90 Å². The highest BCUT2D eigenvalue weighted by molar-refractivity contribution is 7.90. The highest BCUT2D eigenvalue weighted by atomic mass is 32.2. The monoisotopic (exact) mass is 396 g/mol. The third kappa shape index (κ3) is 6.11. The first-order valence-electron chi connectivity index (χ1n) is 8.45. The van der Waals surface area contributed by atoms with E-state index >= 15 is 0 Å². The van der Waals surface area contributed by atoms with Gasteiger partial charge in [-0.25, -0.2) is 8.42 Å². The van der Waals surface area contributed by atoms with Gasteiger partial charge in [0.25, 0.3) is 5.91 Å². The molecule has 2 rings (SSSR count). The van der Waals surface area contributed by atoms with E-state index in [1.165, 1.54) is 24.3 Å². The van der Waals surface area contributed by atoms with E-state index in [9.17, 15) is 22.0 Å². The van der Waals surface area contributed by atoms with Crippen LogP contribution in [0.3, 0.4) is 0 Å². The highest BCUT2D eigenvalue weighted by Gasteiger charge is 2.24. The van der Waals surface area contributed by atoms with Gasteiger partial charge in [-0.3, -0.25) is 4.79 Å². The van der Waals surface area contributed by atoms with Crippen LogP contribution in [0.4, 0.5) is 8.78 Å². The first kappa shape index (κ1) is 21.0. The van der Waals surface area contributed by atoms with E-state index in [0.29, 0.717) is 31.6 Å². The number of nitrogens with two attached hydrogens (primary N) is 1. The van der Waals surface area contributed by atoms with Crippen molar-refractivity contribution in [2.75, 3.05) is 19.6 Å². The molecule has 0 aromatic heterocycles. The van der Waals surface area contributed by atoms with Crippen LogP contribution in [-0.2, 0) is 22.0 Å². The molecule has 2 N–H and O–H groups in total. The van der Waals surface area contributed by atoms with E-state index in [1.54, 1.807) is 4.90 Å². The van der Waals surface area contributed by atoms with Crippen molar-refractivity contribution >= 4 is 15.7 Å². The maximum absolute atomic E-state index is 12.7. The number of benzene rings is 2. The first-order valence-corrected chi connectivity index (χ1v) is 10.2. The van der Waals surface area contributed by atoms with Gasteiger partial charge in [0.15, 0.2) is 0 Å². The molecule has 0 aliphatic carbocycles. The predicted molar refractivity (Wildman–Crippen MR) is 100 cm³/mol. The summed E-state index contributed by atoms with van der Waals surface area (Å²) in [6, 6.07) is 15.4. The second-order valence-electron chi connectivity index (χ2n) is 6.08. The lowest BCUT2D eigenvalue weighted by molar-refractivity contribution is 0.0762. The molecule has 1 amide bonds. The lowest BCUT2D eigenvalue weighted by Gasteiger charge is -2.22. The smallest absolute Gasteiger partial charge is 0.337 e. The Labute approximate surface area is 157 Å². The molecule has 0 bridgehead atoms. The third-order valence-electron chi connectivity index (χ3n) is 4.04. The predicted octanol–water partition coefficient (Wildman–Crippen LogP) is 2.47. The molecule has 27 heavy (non-hydrogen) atoms. The SMILES string of the molecule is NCCN(CCc1ccccc1)C(=O)c1ccc(CS(=O)(=O)C(F)F)cc1. The molecule has 5 nitrogen and oxygen atoms in total. The van der Waals surface area contributed by atoms with Crippen molar-refractivity contribution in [3.8, 4) is 0 Å². The van der Waals surface area contributed by atoms with Crippen LogP contribution in [0.5, 0.6) is 0 Å². The molecule has 0 fully saturated rings. The molecule has 0 atom stereocenters. The average molecular weight is 396 g/mol. The summed E-state index contributed by atoms with van der Waals surface area (Å²) in [5.74, 6) is -4.42. The van der Waals surface area contributed by atoms with Gasteiger partial charge in [0, 0.05) is 25.2 Å². The topological polar surface area (TPSA) is 80.5 Å². The Kier molecular flexibility index (Phi) is 7.44. The van der Waals surface area contributed by atoms with Crippen molar-refractivity contribution in [2.45, 2.75) is 17.9 Å². The molecular formula is C19H22F2N2O3S. The minimum absolute atomic E-state index is 0.210. The summed E-state index contributed by atoms with van der Waals surface area (Å²) in [7, 11) is -4.49. The normalized spacial score (nSPS) is 11.6. The summed E-state index contributed by atoms with van der Waals surface area (Å²) >= 11 is 0. The van der Waals surface area contributed by atoms with Gasteiger partial charge in [0.1, 0.15) is 0 Å². The molecule has 8 heteroatoms. The Morgan fingerprint density at radius 3 is 2.15 bits per heavy atom. The molecular weight excluding hydrogens is 374 g/mol. The quantitative estimate of drug-likeness (QED) is 0.706. The number of alkyl halides is 2. The molecule has 2 aromatic carbocycles. The summed E-state index contributed by atoms with van der Waals surface area (Å²) in [5, 5.41) is 0. The maximum Gasteiger partial charge on any atom is 0.337 e. The summed E-state index contributed by atoms with van der Waals surface area (Å²) in [6.45, 7) is 1.18. The standard InChI is InChI=1S/C19H22F2N2O3S/c20-19(21)27(25,26)14-16-6-8-17(9-7-16)18(24)23(13-11-22)12-10-15-4-2-1-3-5-15/h1-9,19H,10-14,22H2. The van der Waals surface area contributed by atoms with Crippen molar-refractivity contribution in [3.05, 3.63) is 71.3 Å². The Bertz CT molecular complexity index is 841. The Balaban J connectivity index is 2.06. The number of halogens is 2. The van der Waals surface area contributed by atoms with E-state index < -0.39 is 21.3 Å². The van der Waals surface area contributed by atoms with Gasteiger partial charge < -0.3 is 10.6 Å². The van der Waals surface area contributed by atoms with Gasteiger partial charge in [-0.15, -0.1) is 0 Å². The zero-order valence-electron chi connectivity index (χ0n) is 14.7. The minimum Gasteiger partial charge on any atom is -0.337 e. The number of hydrogen-bond acceptors (Lipinski definition) is 4. The Morgan fingerprint density at radius 2 is 1.59 bits per heavy atom. The summed E-state index contributed by atoms with van der Waals surface area (Å²) in [4.78, 5) is 14.3. The zero-order chi connectivity index (χ0) is 19.9. The summed E-state index contributed by atoms with van der Waals surface area (Å²) in [5.41, 5.74) is 7.27. The van der Waals surface area contributed by atoms with Gasteiger partial charge >= 0.3 is 5.76 Å². The van der Waals surface area contributed by atoms with Crippen LogP contribution in [0.1, 0.15) is 21.5 Å². The number of nitrogens with zero attached hydrogens (tertiary/aromatic N) is 1. The van der Waals surface area contributed by atoms with Crippen molar-refractivity contribution in [3.63, 3.8) is 0 Å².